The van der Waals surface area contributed by atoms with Gasteiger partial charge in [-0.3, -0.25) is 5.41 Å². The summed E-state index contributed by atoms with van der Waals surface area (Å²) in [4.78, 5) is 0. The molecule has 0 bridgehead atoms. The van der Waals surface area contributed by atoms with Crippen LogP contribution in [0.25, 0.3) is 0 Å². The SMILES string of the molecule is N=C(N)c1c(Cl)cccc1OCc1cc(Cl)ccc1Cl. The summed E-state index contributed by atoms with van der Waals surface area (Å²) in [6, 6.07) is 10.2. The zero-order valence-electron chi connectivity index (χ0n) is 10.3. The van der Waals surface area contributed by atoms with Gasteiger partial charge in [-0.05, 0) is 30.3 Å². The maximum atomic E-state index is 7.54. The number of nitrogen functional groups attached to an aromatic ring is 1. The van der Waals surface area contributed by atoms with Crippen molar-refractivity contribution in [3.05, 3.63) is 62.6 Å². The summed E-state index contributed by atoms with van der Waals surface area (Å²) in [5.41, 5.74) is 6.62. The Labute approximate surface area is 131 Å². The zero-order valence-corrected chi connectivity index (χ0v) is 12.6. The minimum absolute atomic E-state index is 0.150. The van der Waals surface area contributed by atoms with Crippen LogP contribution >= 0.6 is 34.8 Å². The summed E-state index contributed by atoms with van der Waals surface area (Å²) in [6.45, 7) is 0.208. The first-order valence-electron chi connectivity index (χ1n) is 5.68. The fourth-order valence-corrected chi connectivity index (χ4v) is 2.33. The van der Waals surface area contributed by atoms with Gasteiger partial charge < -0.3 is 10.5 Å². The van der Waals surface area contributed by atoms with Crippen LogP contribution in [0.4, 0.5) is 0 Å². The van der Waals surface area contributed by atoms with Gasteiger partial charge in [0.1, 0.15) is 18.2 Å². The van der Waals surface area contributed by atoms with E-state index in [2.05, 4.69) is 0 Å². The molecule has 0 aliphatic rings. The molecule has 2 aromatic carbocycles. The predicted molar refractivity (Wildman–Crippen MR) is 83.3 cm³/mol. The molecule has 0 spiro atoms. The van der Waals surface area contributed by atoms with E-state index in [0.29, 0.717) is 26.4 Å². The Morgan fingerprint density at radius 1 is 1.10 bits per heavy atom. The van der Waals surface area contributed by atoms with Crippen molar-refractivity contribution in [2.24, 2.45) is 5.73 Å². The van der Waals surface area contributed by atoms with Crippen LogP contribution in [0.5, 0.6) is 5.75 Å². The second kappa shape index (κ2) is 6.35. The van der Waals surface area contributed by atoms with E-state index in [1.807, 2.05) is 0 Å². The van der Waals surface area contributed by atoms with E-state index < -0.39 is 0 Å². The molecule has 0 saturated carbocycles. The first-order valence-corrected chi connectivity index (χ1v) is 6.82. The van der Waals surface area contributed by atoms with Gasteiger partial charge in [-0.25, -0.2) is 0 Å². The van der Waals surface area contributed by atoms with E-state index in [1.165, 1.54) is 0 Å². The van der Waals surface area contributed by atoms with Crippen LogP contribution < -0.4 is 10.5 Å². The first-order chi connectivity index (χ1) is 9.49. The summed E-state index contributed by atoms with van der Waals surface area (Å²) in [5, 5.41) is 9.04. The van der Waals surface area contributed by atoms with Crippen molar-refractivity contribution in [1.82, 2.24) is 0 Å². The normalized spacial score (nSPS) is 10.3. The molecule has 0 aromatic heterocycles. The zero-order chi connectivity index (χ0) is 14.7. The summed E-state index contributed by atoms with van der Waals surface area (Å²) < 4.78 is 5.65. The number of nitrogens with one attached hydrogen (secondary N) is 1. The van der Waals surface area contributed by atoms with Crippen LogP contribution in [0.15, 0.2) is 36.4 Å². The molecule has 0 unspecified atom stereocenters. The Kier molecular flexibility index (Phi) is 4.76. The van der Waals surface area contributed by atoms with E-state index in [0.717, 1.165) is 5.56 Å². The monoisotopic (exact) mass is 328 g/mol. The quantitative estimate of drug-likeness (QED) is 0.640. The van der Waals surface area contributed by atoms with E-state index >= 15 is 0 Å². The molecular formula is C14H11Cl3N2O. The Hall–Kier alpha value is -1.42. The number of hydrogen-bond donors (Lipinski definition) is 2. The van der Waals surface area contributed by atoms with Gasteiger partial charge in [-0.15, -0.1) is 0 Å². The highest BCUT2D eigenvalue weighted by Crippen LogP contribution is 2.28. The number of ether oxygens (including phenoxy) is 1. The maximum Gasteiger partial charge on any atom is 0.132 e. The van der Waals surface area contributed by atoms with E-state index in [1.54, 1.807) is 36.4 Å². The van der Waals surface area contributed by atoms with Gasteiger partial charge in [0.15, 0.2) is 0 Å². The minimum atomic E-state index is -0.150. The van der Waals surface area contributed by atoms with Gasteiger partial charge in [0.05, 0.1) is 10.6 Å². The largest absolute Gasteiger partial charge is 0.488 e. The van der Waals surface area contributed by atoms with Crippen LogP contribution in [0.3, 0.4) is 0 Å². The van der Waals surface area contributed by atoms with Crippen LogP contribution in [0.2, 0.25) is 15.1 Å². The van der Waals surface area contributed by atoms with Crippen LogP contribution in [-0.2, 0) is 6.61 Å². The van der Waals surface area contributed by atoms with Gasteiger partial charge in [-0.1, -0.05) is 40.9 Å². The van der Waals surface area contributed by atoms with Crippen LogP contribution in [-0.4, -0.2) is 5.84 Å². The molecule has 0 amide bonds. The van der Waals surface area contributed by atoms with Crippen LogP contribution in [0, 0.1) is 5.41 Å². The summed E-state index contributed by atoms with van der Waals surface area (Å²) in [7, 11) is 0. The molecular weight excluding hydrogens is 319 g/mol. The van der Waals surface area contributed by atoms with Gasteiger partial charge in [0, 0.05) is 15.6 Å². The highest BCUT2D eigenvalue weighted by Gasteiger charge is 2.12. The Balaban J connectivity index is 2.25. The number of halogens is 3. The molecule has 0 radical (unpaired) electrons. The average molecular weight is 330 g/mol. The third kappa shape index (κ3) is 3.37. The van der Waals surface area contributed by atoms with Crippen molar-refractivity contribution in [2.75, 3.05) is 0 Å². The Morgan fingerprint density at radius 2 is 1.85 bits per heavy atom. The van der Waals surface area contributed by atoms with Crippen LogP contribution in [0.1, 0.15) is 11.1 Å². The van der Waals surface area contributed by atoms with Crippen molar-refractivity contribution in [3.63, 3.8) is 0 Å². The molecule has 3 N–H and O–H groups in total. The topological polar surface area (TPSA) is 59.1 Å². The fraction of sp³-hybridized carbons (Fsp3) is 0.0714. The van der Waals surface area contributed by atoms with Gasteiger partial charge >= 0.3 is 0 Å². The predicted octanol–water partition coefficient (Wildman–Crippen LogP) is 4.51. The smallest absolute Gasteiger partial charge is 0.132 e. The lowest BCUT2D eigenvalue weighted by Gasteiger charge is -2.12. The van der Waals surface area contributed by atoms with Crippen molar-refractivity contribution in [1.29, 1.82) is 5.41 Å². The lowest BCUT2D eigenvalue weighted by molar-refractivity contribution is 0.305. The van der Waals surface area contributed by atoms with E-state index in [9.17, 15) is 0 Å². The number of hydrogen-bond acceptors (Lipinski definition) is 2. The van der Waals surface area contributed by atoms with Crippen molar-refractivity contribution < 1.29 is 4.74 Å². The van der Waals surface area contributed by atoms with E-state index in [4.69, 9.17) is 50.7 Å². The molecule has 0 fully saturated rings. The van der Waals surface area contributed by atoms with Gasteiger partial charge in [0.25, 0.3) is 0 Å². The Morgan fingerprint density at radius 3 is 2.55 bits per heavy atom. The molecule has 20 heavy (non-hydrogen) atoms. The minimum Gasteiger partial charge on any atom is -0.488 e. The lowest BCUT2D eigenvalue weighted by Crippen LogP contribution is -2.14. The maximum absolute atomic E-state index is 7.54. The third-order valence-electron chi connectivity index (χ3n) is 2.64. The molecule has 3 nitrogen and oxygen atoms in total. The second-order valence-electron chi connectivity index (χ2n) is 4.05. The number of nitrogens with two attached hydrogens (primary N) is 1. The molecule has 0 saturated heterocycles. The van der Waals surface area contributed by atoms with E-state index in [-0.39, 0.29) is 12.4 Å². The molecule has 2 aromatic rings. The number of rotatable bonds is 4. The standard InChI is InChI=1S/C14H11Cl3N2O/c15-9-4-5-10(16)8(6-9)7-20-12-3-1-2-11(17)13(12)14(18)19/h1-6H,7H2,(H3,18,19). The Bertz CT molecular complexity index is 659. The first kappa shape index (κ1) is 15.0. The number of benzene rings is 2. The highest BCUT2D eigenvalue weighted by molar-refractivity contribution is 6.34. The van der Waals surface area contributed by atoms with Gasteiger partial charge in [0.2, 0.25) is 0 Å². The fourth-order valence-electron chi connectivity index (χ4n) is 1.70. The molecule has 0 aliphatic carbocycles. The molecule has 0 aliphatic heterocycles. The lowest BCUT2D eigenvalue weighted by atomic mass is 10.2. The van der Waals surface area contributed by atoms with Gasteiger partial charge in [-0.2, -0.15) is 0 Å². The third-order valence-corrected chi connectivity index (χ3v) is 3.55. The van der Waals surface area contributed by atoms with Crippen molar-refractivity contribution >= 4 is 40.6 Å². The molecule has 2 rings (SSSR count). The average Bonchev–Trinajstić information content (AvgIpc) is 2.39. The van der Waals surface area contributed by atoms with Crippen molar-refractivity contribution in [2.45, 2.75) is 6.61 Å². The second-order valence-corrected chi connectivity index (χ2v) is 5.30. The summed E-state index contributed by atoms with van der Waals surface area (Å²) >= 11 is 18.0. The highest BCUT2D eigenvalue weighted by atomic mass is 35.5. The molecule has 0 heterocycles. The molecule has 104 valence electrons. The summed E-state index contributed by atoms with van der Waals surface area (Å²) in [6.07, 6.45) is 0. The molecule has 6 heteroatoms. The number of amidine groups is 1. The van der Waals surface area contributed by atoms with Crippen molar-refractivity contribution in [3.8, 4) is 5.75 Å². The molecule has 0 atom stereocenters. The summed E-state index contributed by atoms with van der Waals surface area (Å²) in [5.74, 6) is 0.281.